The lowest BCUT2D eigenvalue weighted by Gasteiger charge is -2.33. The van der Waals surface area contributed by atoms with Gasteiger partial charge in [-0.1, -0.05) is 0 Å². The van der Waals surface area contributed by atoms with Gasteiger partial charge in [0.1, 0.15) is 0 Å². The highest BCUT2D eigenvalue weighted by molar-refractivity contribution is 6.39. The third kappa shape index (κ3) is 3.72. The predicted octanol–water partition coefficient (Wildman–Crippen LogP) is 0.239. The first-order chi connectivity index (χ1) is 10.5. The molecular weight excluding hydrogens is 288 g/mol. The summed E-state index contributed by atoms with van der Waals surface area (Å²) in [7, 11) is 1.31. The van der Waals surface area contributed by atoms with Crippen molar-refractivity contribution < 1.29 is 19.1 Å². The van der Waals surface area contributed by atoms with Crippen molar-refractivity contribution in [2.75, 3.05) is 38.6 Å². The number of aromatic nitrogens is 1. The summed E-state index contributed by atoms with van der Waals surface area (Å²) in [5, 5.41) is 2.51. The Balaban J connectivity index is 1.88. The van der Waals surface area contributed by atoms with Crippen LogP contribution in [0.1, 0.15) is 5.69 Å². The van der Waals surface area contributed by atoms with Crippen LogP contribution in [0, 0.1) is 6.92 Å². The van der Waals surface area contributed by atoms with E-state index in [0.29, 0.717) is 31.9 Å². The van der Waals surface area contributed by atoms with Gasteiger partial charge in [-0.3, -0.25) is 14.6 Å². The highest BCUT2D eigenvalue weighted by Crippen LogP contribution is 2.08. The molecule has 0 spiro atoms. The molecule has 8 heteroatoms. The van der Waals surface area contributed by atoms with Crippen LogP contribution in [0.25, 0.3) is 0 Å². The van der Waals surface area contributed by atoms with Crippen molar-refractivity contribution in [1.29, 1.82) is 0 Å². The summed E-state index contributed by atoms with van der Waals surface area (Å²) >= 11 is 0. The minimum atomic E-state index is -0.711. The Hall–Kier alpha value is -2.64. The fourth-order valence-corrected chi connectivity index (χ4v) is 2.09. The smallest absolute Gasteiger partial charge is 0.409 e. The van der Waals surface area contributed by atoms with Crippen molar-refractivity contribution in [3.05, 3.63) is 24.0 Å². The lowest BCUT2D eigenvalue weighted by Crippen LogP contribution is -2.52. The number of ether oxygens (including phenoxy) is 1. The van der Waals surface area contributed by atoms with Crippen LogP contribution in [0.3, 0.4) is 0 Å². The van der Waals surface area contributed by atoms with Crippen LogP contribution in [0.2, 0.25) is 0 Å². The first kappa shape index (κ1) is 15.7. The molecule has 1 N–H and O–H groups in total. The number of carbonyl (C=O) groups excluding carboxylic acids is 3. The molecule has 22 heavy (non-hydrogen) atoms. The summed E-state index contributed by atoms with van der Waals surface area (Å²) in [5.74, 6) is -1.33. The van der Waals surface area contributed by atoms with Gasteiger partial charge in [-0.25, -0.2) is 4.79 Å². The van der Waals surface area contributed by atoms with Gasteiger partial charge in [0.25, 0.3) is 0 Å². The van der Waals surface area contributed by atoms with Gasteiger partial charge >= 0.3 is 17.9 Å². The lowest BCUT2D eigenvalue weighted by molar-refractivity contribution is -0.144. The third-order valence-electron chi connectivity index (χ3n) is 3.36. The van der Waals surface area contributed by atoms with Gasteiger partial charge in [0.15, 0.2) is 0 Å². The molecule has 1 fully saturated rings. The minimum Gasteiger partial charge on any atom is -0.453 e. The second-order valence-electron chi connectivity index (χ2n) is 4.89. The summed E-state index contributed by atoms with van der Waals surface area (Å²) in [5.41, 5.74) is 1.29. The summed E-state index contributed by atoms with van der Waals surface area (Å²) in [6, 6.07) is 3.43. The quantitative estimate of drug-likeness (QED) is 0.750. The first-order valence-electron chi connectivity index (χ1n) is 6.87. The van der Waals surface area contributed by atoms with Gasteiger partial charge in [-0.2, -0.15) is 0 Å². The number of nitrogens with zero attached hydrogens (tertiary/aromatic N) is 3. The summed E-state index contributed by atoms with van der Waals surface area (Å²) in [4.78, 5) is 42.3. The maximum Gasteiger partial charge on any atom is 0.409 e. The Kier molecular flexibility index (Phi) is 4.92. The zero-order chi connectivity index (χ0) is 16.1. The molecule has 2 heterocycles. The van der Waals surface area contributed by atoms with Gasteiger partial charge < -0.3 is 19.9 Å². The first-order valence-corrected chi connectivity index (χ1v) is 6.87. The number of piperazine rings is 1. The van der Waals surface area contributed by atoms with E-state index in [9.17, 15) is 14.4 Å². The van der Waals surface area contributed by atoms with Crippen molar-refractivity contribution in [3.63, 3.8) is 0 Å². The summed E-state index contributed by atoms with van der Waals surface area (Å²) in [6.45, 7) is 3.12. The van der Waals surface area contributed by atoms with E-state index < -0.39 is 17.9 Å². The highest BCUT2D eigenvalue weighted by Gasteiger charge is 2.28. The molecule has 0 bridgehead atoms. The average molecular weight is 306 g/mol. The van der Waals surface area contributed by atoms with E-state index in [2.05, 4.69) is 15.0 Å². The van der Waals surface area contributed by atoms with Crippen LogP contribution in [0.15, 0.2) is 18.3 Å². The fourth-order valence-electron chi connectivity index (χ4n) is 2.09. The van der Waals surface area contributed by atoms with Crippen molar-refractivity contribution in [2.45, 2.75) is 6.92 Å². The van der Waals surface area contributed by atoms with E-state index in [1.165, 1.54) is 23.1 Å². The molecule has 0 atom stereocenters. The number of hydrogen-bond acceptors (Lipinski definition) is 5. The molecule has 1 aliphatic rings. The van der Waals surface area contributed by atoms with E-state index in [-0.39, 0.29) is 0 Å². The van der Waals surface area contributed by atoms with Gasteiger partial charge in [0.2, 0.25) is 0 Å². The molecule has 118 valence electrons. The molecule has 1 saturated heterocycles. The topological polar surface area (TPSA) is 91.8 Å². The number of hydrogen-bond donors (Lipinski definition) is 1. The van der Waals surface area contributed by atoms with Crippen LogP contribution < -0.4 is 5.32 Å². The largest absolute Gasteiger partial charge is 0.453 e. The number of carbonyl (C=O) groups is 3. The van der Waals surface area contributed by atoms with Crippen LogP contribution >= 0.6 is 0 Å². The van der Waals surface area contributed by atoms with Crippen LogP contribution in [0.4, 0.5) is 10.5 Å². The molecule has 2 rings (SSSR count). The maximum absolute atomic E-state index is 12.1. The number of nitrogens with one attached hydrogen (secondary N) is 1. The normalized spacial score (nSPS) is 14.5. The van der Waals surface area contributed by atoms with Gasteiger partial charge in [-0.05, 0) is 19.1 Å². The molecule has 0 saturated carbocycles. The third-order valence-corrected chi connectivity index (χ3v) is 3.36. The summed E-state index contributed by atoms with van der Waals surface area (Å²) in [6.07, 6.45) is 1.07. The SMILES string of the molecule is COC(=O)N1CCN(C(=O)C(=O)Nc2ccc(C)nc2)CC1. The standard InChI is InChI=1S/C14H18N4O4/c1-10-3-4-11(9-15-10)16-12(19)13(20)17-5-7-18(8-6-17)14(21)22-2/h3-4,9H,5-8H2,1-2H3,(H,16,19). The van der Waals surface area contributed by atoms with Gasteiger partial charge in [0.05, 0.1) is 19.0 Å². The lowest BCUT2D eigenvalue weighted by atomic mass is 10.3. The van der Waals surface area contributed by atoms with Crippen molar-refractivity contribution in [1.82, 2.24) is 14.8 Å². The second kappa shape index (κ2) is 6.88. The molecule has 0 unspecified atom stereocenters. The number of pyridine rings is 1. The van der Waals surface area contributed by atoms with Gasteiger partial charge in [-0.15, -0.1) is 0 Å². The number of amides is 3. The van der Waals surface area contributed by atoms with E-state index >= 15 is 0 Å². The molecule has 1 aromatic heterocycles. The Morgan fingerprint density at radius 3 is 2.32 bits per heavy atom. The zero-order valence-corrected chi connectivity index (χ0v) is 12.5. The number of anilines is 1. The van der Waals surface area contributed by atoms with Crippen LogP contribution in [-0.2, 0) is 14.3 Å². The van der Waals surface area contributed by atoms with Crippen molar-refractivity contribution in [2.24, 2.45) is 0 Å². The molecule has 0 radical (unpaired) electrons. The molecule has 1 aromatic rings. The molecule has 0 aliphatic carbocycles. The van der Waals surface area contributed by atoms with E-state index in [4.69, 9.17) is 0 Å². The molecule has 3 amide bonds. The number of methoxy groups -OCH3 is 1. The number of rotatable bonds is 1. The Labute approximate surface area is 128 Å². The number of aryl methyl sites for hydroxylation is 1. The molecule has 1 aliphatic heterocycles. The summed E-state index contributed by atoms with van der Waals surface area (Å²) < 4.78 is 4.62. The molecule has 8 nitrogen and oxygen atoms in total. The Bertz CT molecular complexity index is 565. The maximum atomic E-state index is 12.1. The zero-order valence-electron chi connectivity index (χ0n) is 12.5. The average Bonchev–Trinajstić information content (AvgIpc) is 2.55. The van der Waals surface area contributed by atoms with E-state index in [1.807, 2.05) is 6.92 Å². The monoisotopic (exact) mass is 306 g/mol. The minimum absolute atomic E-state index is 0.299. The Morgan fingerprint density at radius 2 is 1.77 bits per heavy atom. The van der Waals surface area contributed by atoms with Gasteiger partial charge in [0, 0.05) is 31.9 Å². The molecule has 0 aromatic carbocycles. The predicted molar refractivity (Wildman–Crippen MR) is 78.2 cm³/mol. The van der Waals surface area contributed by atoms with E-state index in [1.54, 1.807) is 12.1 Å². The fraction of sp³-hybridized carbons (Fsp3) is 0.429. The Morgan fingerprint density at radius 1 is 1.14 bits per heavy atom. The van der Waals surface area contributed by atoms with E-state index in [0.717, 1.165) is 5.69 Å². The van der Waals surface area contributed by atoms with Crippen LogP contribution in [-0.4, -0.2) is 66.0 Å². The van der Waals surface area contributed by atoms with Crippen molar-refractivity contribution >= 4 is 23.6 Å². The molecular formula is C14H18N4O4. The second-order valence-corrected chi connectivity index (χ2v) is 4.89. The van der Waals surface area contributed by atoms with Crippen molar-refractivity contribution in [3.8, 4) is 0 Å². The highest BCUT2D eigenvalue weighted by atomic mass is 16.5. The van der Waals surface area contributed by atoms with Crippen LogP contribution in [0.5, 0.6) is 0 Å².